The summed E-state index contributed by atoms with van der Waals surface area (Å²) in [5, 5.41) is 10.0. The number of rotatable bonds is 2. The topological polar surface area (TPSA) is 29.5 Å². The third-order valence-corrected chi connectivity index (χ3v) is 2.90. The Hall–Kier alpha value is -0.930. The molecule has 3 heteroatoms. The molecule has 1 atom stereocenters. The van der Waals surface area contributed by atoms with Crippen LogP contribution in [0.2, 0.25) is 0 Å². The third-order valence-electron chi connectivity index (χ3n) is 2.90. The molecule has 1 saturated heterocycles. The largest absolute Gasteiger partial charge is 0.388 e. The highest BCUT2D eigenvalue weighted by atomic mass is 19.1. The van der Waals surface area contributed by atoms with Gasteiger partial charge in [-0.05, 0) is 36.5 Å². The summed E-state index contributed by atoms with van der Waals surface area (Å²) in [7, 11) is 0. The fraction of sp³-hybridized carbons (Fsp3) is 0.500. The summed E-state index contributed by atoms with van der Waals surface area (Å²) in [4.78, 5) is 0. The van der Waals surface area contributed by atoms with Gasteiger partial charge in [0.15, 0.2) is 0 Å². The fourth-order valence-electron chi connectivity index (χ4n) is 1.99. The molecular formula is C12H15FO2. The Kier molecular flexibility index (Phi) is 3.34. The Morgan fingerprint density at radius 1 is 1.33 bits per heavy atom. The molecule has 0 radical (unpaired) electrons. The zero-order chi connectivity index (χ0) is 10.7. The molecule has 1 aliphatic heterocycles. The molecule has 0 bridgehead atoms. The van der Waals surface area contributed by atoms with Crippen LogP contribution in [0.15, 0.2) is 24.3 Å². The number of ether oxygens (including phenoxy) is 1. The number of hydrogen-bond donors (Lipinski definition) is 1. The van der Waals surface area contributed by atoms with E-state index >= 15 is 0 Å². The van der Waals surface area contributed by atoms with Crippen LogP contribution in [-0.2, 0) is 4.74 Å². The van der Waals surface area contributed by atoms with Crippen molar-refractivity contribution in [2.75, 3.05) is 13.2 Å². The maximum Gasteiger partial charge on any atom is 0.123 e. The van der Waals surface area contributed by atoms with Crippen LogP contribution < -0.4 is 0 Å². The Morgan fingerprint density at radius 2 is 2.07 bits per heavy atom. The Morgan fingerprint density at radius 3 is 2.73 bits per heavy atom. The summed E-state index contributed by atoms with van der Waals surface area (Å²) >= 11 is 0. The monoisotopic (exact) mass is 210 g/mol. The summed E-state index contributed by atoms with van der Waals surface area (Å²) in [5.74, 6) is -0.0980. The average molecular weight is 210 g/mol. The van der Waals surface area contributed by atoms with Crippen LogP contribution >= 0.6 is 0 Å². The highest BCUT2D eigenvalue weighted by Gasteiger charge is 2.23. The van der Waals surface area contributed by atoms with Gasteiger partial charge in [0.05, 0.1) is 6.10 Å². The van der Waals surface area contributed by atoms with Gasteiger partial charge < -0.3 is 9.84 Å². The molecule has 1 heterocycles. The zero-order valence-corrected chi connectivity index (χ0v) is 8.53. The lowest BCUT2D eigenvalue weighted by atomic mass is 9.89. The average Bonchev–Trinajstić information content (AvgIpc) is 2.29. The van der Waals surface area contributed by atoms with Gasteiger partial charge in [-0.1, -0.05) is 12.1 Å². The van der Waals surface area contributed by atoms with Crippen molar-refractivity contribution in [3.63, 3.8) is 0 Å². The number of aliphatic hydroxyl groups is 1. The smallest absolute Gasteiger partial charge is 0.123 e. The standard InChI is InChI=1S/C12H15FO2/c13-11-3-1-2-10(8-11)12(14)9-4-6-15-7-5-9/h1-3,8-9,12,14H,4-7H2. The molecule has 1 aromatic rings. The lowest BCUT2D eigenvalue weighted by Gasteiger charge is -2.26. The number of halogens is 1. The minimum Gasteiger partial charge on any atom is -0.388 e. The minimum absolute atomic E-state index is 0.195. The van der Waals surface area contributed by atoms with Crippen molar-refractivity contribution in [2.24, 2.45) is 5.92 Å². The molecule has 0 spiro atoms. The molecule has 1 unspecified atom stereocenters. The highest BCUT2D eigenvalue weighted by molar-refractivity contribution is 5.19. The van der Waals surface area contributed by atoms with Crippen molar-refractivity contribution in [3.8, 4) is 0 Å². The van der Waals surface area contributed by atoms with Gasteiger partial charge in [-0.25, -0.2) is 4.39 Å². The van der Waals surface area contributed by atoms with Crippen LogP contribution in [-0.4, -0.2) is 18.3 Å². The molecule has 1 aromatic carbocycles. The summed E-state index contributed by atoms with van der Waals surface area (Å²) in [5.41, 5.74) is 0.668. The van der Waals surface area contributed by atoms with Crippen LogP contribution in [0.4, 0.5) is 4.39 Å². The van der Waals surface area contributed by atoms with Gasteiger partial charge in [0.1, 0.15) is 5.82 Å². The van der Waals surface area contributed by atoms with E-state index in [1.165, 1.54) is 12.1 Å². The van der Waals surface area contributed by atoms with Crippen molar-refractivity contribution in [1.82, 2.24) is 0 Å². The van der Waals surface area contributed by atoms with Crippen molar-refractivity contribution in [3.05, 3.63) is 35.6 Å². The summed E-state index contributed by atoms with van der Waals surface area (Å²) in [6.07, 6.45) is 1.12. The second-order valence-corrected chi connectivity index (χ2v) is 3.95. The second-order valence-electron chi connectivity index (χ2n) is 3.95. The molecule has 0 amide bonds. The van der Waals surface area contributed by atoms with Crippen LogP contribution in [0, 0.1) is 11.7 Å². The first-order chi connectivity index (χ1) is 7.27. The van der Waals surface area contributed by atoms with Gasteiger partial charge in [0.2, 0.25) is 0 Å². The maximum atomic E-state index is 13.0. The maximum absolute atomic E-state index is 13.0. The van der Waals surface area contributed by atoms with Crippen molar-refractivity contribution in [2.45, 2.75) is 18.9 Å². The summed E-state index contributed by atoms with van der Waals surface area (Å²) in [6.45, 7) is 1.38. The van der Waals surface area contributed by atoms with Crippen LogP contribution in [0.5, 0.6) is 0 Å². The summed E-state index contributed by atoms with van der Waals surface area (Å²) < 4.78 is 18.2. The Balaban J connectivity index is 2.08. The van der Waals surface area contributed by atoms with Crippen molar-refractivity contribution >= 4 is 0 Å². The van der Waals surface area contributed by atoms with Gasteiger partial charge in [0, 0.05) is 13.2 Å². The van der Waals surface area contributed by atoms with E-state index in [4.69, 9.17) is 4.74 Å². The SMILES string of the molecule is OC(c1cccc(F)c1)C1CCOCC1. The van der Waals surface area contributed by atoms with Crippen LogP contribution in [0.25, 0.3) is 0 Å². The molecule has 2 rings (SSSR count). The molecule has 1 N–H and O–H groups in total. The van der Waals surface area contributed by atoms with Crippen LogP contribution in [0.3, 0.4) is 0 Å². The van der Waals surface area contributed by atoms with Gasteiger partial charge in [-0.15, -0.1) is 0 Å². The molecule has 82 valence electrons. The molecule has 15 heavy (non-hydrogen) atoms. The predicted octanol–water partition coefficient (Wildman–Crippen LogP) is 2.29. The van der Waals surface area contributed by atoms with E-state index < -0.39 is 6.10 Å². The Bertz CT molecular complexity index is 321. The number of aliphatic hydroxyl groups excluding tert-OH is 1. The van der Waals surface area contributed by atoms with Gasteiger partial charge in [-0.3, -0.25) is 0 Å². The first-order valence-electron chi connectivity index (χ1n) is 5.28. The van der Waals surface area contributed by atoms with Crippen molar-refractivity contribution < 1.29 is 14.2 Å². The van der Waals surface area contributed by atoms with E-state index in [1.54, 1.807) is 12.1 Å². The number of hydrogen-bond acceptors (Lipinski definition) is 2. The van der Waals surface area contributed by atoms with Crippen molar-refractivity contribution in [1.29, 1.82) is 0 Å². The number of benzene rings is 1. The molecule has 1 aliphatic rings. The highest BCUT2D eigenvalue weighted by Crippen LogP contribution is 2.29. The lowest BCUT2D eigenvalue weighted by molar-refractivity contribution is 0.00709. The molecule has 2 nitrogen and oxygen atoms in total. The van der Waals surface area contributed by atoms with E-state index in [9.17, 15) is 9.50 Å². The zero-order valence-electron chi connectivity index (χ0n) is 8.53. The van der Waals surface area contributed by atoms with Crippen LogP contribution in [0.1, 0.15) is 24.5 Å². The Labute approximate surface area is 88.7 Å². The van der Waals surface area contributed by atoms with Gasteiger partial charge in [0.25, 0.3) is 0 Å². The minimum atomic E-state index is -0.565. The van der Waals surface area contributed by atoms with Gasteiger partial charge in [-0.2, -0.15) is 0 Å². The van der Waals surface area contributed by atoms with E-state index in [1.807, 2.05) is 0 Å². The third kappa shape index (κ3) is 2.55. The molecule has 0 aromatic heterocycles. The van der Waals surface area contributed by atoms with E-state index in [-0.39, 0.29) is 11.7 Å². The molecule has 1 fully saturated rings. The van der Waals surface area contributed by atoms with Gasteiger partial charge >= 0.3 is 0 Å². The quantitative estimate of drug-likeness (QED) is 0.811. The molecular weight excluding hydrogens is 195 g/mol. The first kappa shape index (κ1) is 10.6. The first-order valence-corrected chi connectivity index (χ1v) is 5.28. The fourth-order valence-corrected chi connectivity index (χ4v) is 1.99. The molecule has 0 aliphatic carbocycles. The normalized spacial score (nSPS) is 20.1. The van der Waals surface area contributed by atoms with E-state index in [0.717, 1.165) is 12.8 Å². The predicted molar refractivity (Wildman–Crippen MR) is 54.9 cm³/mol. The lowest BCUT2D eigenvalue weighted by Crippen LogP contribution is -2.21. The summed E-state index contributed by atoms with van der Waals surface area (Å²) in [6, 6.07) is 6.19. The molecule has 0 saturated carbocycles. The second kappa shape index (κ2) is 4.73. The van der Waals surface area contributed by atoms with E-state index in [0.29, 0.717) is 18.8 Å². The van der Waals surface area contributed by atoms with E-state index in [2.05, 4.69) is 0 Å².